The molecular weight excluding hydrogens is 527 g/mol. The van der Waals surface area contributed by atoms with Gasteiger partial charge < -0.3 is 25.1 Å². The van der Waals surface area contributed by atoms with Gasteiger partial charge in [0.2, 0.25) is 5.95 Å². The highest BCUT2D eigenvalue weighted by atomic mass is 35.5. The number of piperazine rings is 1. The molecular formula is C31H34ClFN6O. The van der Waals surface area contributed by atoms with Crippen LogP contribution in [0.1, 0.15) is 25.7 Å². The third kappa shape index (κ3) is 4.42. The van der Waals surface area contributed by atoms with Gasteiger partial charge >= 0.3 is 0 Å². The Morgan fingerprint density at radius 2 is 1.75 bits per heavy atom. The Morgan fingerprint density at radius 1 is 0.975 bits per heavy atom. The quantitative estimate of drug-likeness (QED) is 0.345. The van der Waals surface area contributed by atoms with Crippen molar-refractivity contribution in [1.82, 2.24) is 20.2 Å². The predicted octanol–water partition coefficient (Wildman–Crippen LogP) is 5.42. The molecule has 4 heterocycles. The smallest absolute Gasteiger partial charge is 0.228 e. The van der Waals surface area contributed by atoms with Crippen LogP contribution in [0.4, 0.5) is 16.2 Å². The number of phenols is 1. The number of anilines is 2. The number of piperidine rings is 1. The van der Waals surface area contributed by atoms with Crippen molar-refractivity contribution < 1.29 is 9.50 Å². The Kier molecular flexibility index (Phi) is 6.45. The van der Waals surface area contributed by atoms with Crippen LogP contribution < -0.4 is 15.1 Å². The second kappa shape index (κ2) is 10.0. The minimum Gasteiger partial charge on any atom is -0.508 e. The minimum atomic E-state index is -0.484. The predicted molar refractivity (Wildman–Crippen MR) is 160 cm³/mol. The molecule has 7 nitrogen and oxygen atoms in total. The summed E-state index contributed by atoms with van der Waals surface area (Å²) >= 11 is 6.89. The Balaban J connectivity index is 1.44. The molecule has 3 unspecified atom stereocenters. The van der Waals surface area contributed by atoms with E-state index in [1.165, 1.54) is 0 Å². The highest BCUT2D eigenvalue weighted by Crippen LogP contribution is 2.43. The summed E-state index contributed by atoms with van der Waals surface area (Å²) in [6, 6.07) is 13.9. The van der Waals surface area contributed by atoms with Crippen LogP contribution in [0.3, 0.4) is 0 Å². The molecule has 9 heteroatoms. The van der Waals surface area contributed by atoms with Gasteiger partial charge in [-0.3, -0.25) is 0 Å². The second-order valence-electron chi connectivity index (χ2n) is 11.8. The Hall–Kier alpha value is -3.20. The fraction of sp³-hybridized carbons (Fsp3) is 0.419. The number of fused-ring (bicyclic) bond motifs is 4. The number of aromatic hydroxyl groups is 1. The molecule has 3 aliphatic rings. The van der Waals surface area contributed by atoms with E-state index in [2.05, 4.69) is 34.1 Å². The lowest BCUT2D eigenvalue weighted by Gasteiger charge is -2.38. The number of rotatable bonds is 4. The zero-order valence-corrected chi connectivity index (χ0v) is 23.6. The number of hydrogen-bond acceptors (Lipinski definition) is 7. The lowest BCUT2D eigenvalue weighted by Crippen LogP contribution is -2.51. The number of aromatic nitrogens is 2. The van der Waals surface area contributed by atoms with Crippen molar-refractivity contribution in [2.24, 2.45) is 0 Å². The molecule has 7 rings (SSSR count). The zero-order valence-electron chi connectivity index (χ0n) is 22.9. The van der Waals surface area contributed by atoms with Gasteiger partial charge in [-0.25, -0.2) is 9.37 Å². The molecule has 2 N–H and O–H groups in total. The van der Waals surface area contributed by atoms with Crippen molar-refractivity contribution in [3.63, 3.8) is 0 Å². The van der Waals surface area contributed by atoms with E-state index in [0.717, 1.165) is 68.5 Å². The van der Waals surface area contributed by atoms with Crippen molar-refractivity contribution in [2.45, 2.75) is 43.8 Å². The standard InChI is InChI=1S/C31H34ClFN6O/c1-37(2)21-7-5-11-38(17-21)31-35-29-25(30(36-31)39-15-19-9-10-20(16-39)34-19)14-26(32)27(28(29)33)24-13-22(40)12-18-6-3-4-8-23(18)24/h3-4,6,8,12-14,19-21,34,40H,5,7,9-11,15-17H2,1-2H3. The van der Waals surface area contributed by atoms with E-state index in [0.29, 0.717) is 35.0 Å². The van der Waals surface area contributed by atoms with Crippen molar-refractivity contribution in [3.8, 4) is 16.9 Å². The molecule has 4 aromatic rings. The van der Waals surface area contributed by atoms with Crippen molar-refractivity contribution >= 4 is 45.0 Å². The molecule has 2 bridgehead atoms. The topological polar surface area (TPSA) is 67.8 Å². The largest absolute Gasteiger partial charge is 0.508 e. The summed E-state index contributed by atoms with van der Waals surface area (Å²) in [7, 11) is 4.20. The molecule has 0 radical (unpaired) electrons. The number of benzene rings is 3. The fourth-order valence-electron chi connectivity index (χ4n) is 6.83. The minimum absolute atomic E-state index is 0.0627. The summed E-state index contributed by atoms with van der Waals surface area (Å²) in [6.45, 7) is 3.27. The summed E-state index contributed by atoms with van der Waals surface area (Å²) in [4.78, 5) is 16.7. The van der Waals surface area contributed by atoms with Crippen LogP contribution in [0.2, 0.25) is 5.02 Å². The van der Waals surface area contributed by atoms with Crippen LogP contribution >= 0.6 is 11.6 Å². The molecule has 3 saturated heterocycles. The summed E-state index contributed by atoms with van der Waals surface area (Å²) < 4.78 is 16.8. The maximum Gasteiger partial charge on any atom is 0.228 e. The average molecular weight is 561 g/mol. The maximum atomic E-state index is 16.8. The van der Waals surface area contributed by atoms with Crippen LogP contribution in [-0.4, -0.2) is 78.4 Å². The SMILES string of the molecule is CN(C)C1CCCN(c2nc(N3CC4CCC(C3)N4)c3cc(Cl)c(-c4cc(O)cc5ccccc45)c(F)c3n2)C1. The molecule has 208 valence electrons. The van der Waals surface area contributed by atoms with Gasteiger partial charge in [-0.05, 0) is 74.3 Å². The first-order valence-corrected chi connectivity index (χ1v) is 14.6. The van der Waals surface area contributed by atoms with Gasteiger partial charge in [0, 0.05) is 55.3 Å². The molecule has 0 saturated carbocycles. The highest BCUT2D eigenvalue weighted by Gasteiger charge is 2.35. The molecule has 0 spiro atoms. The molecule has 0 amide bonds. The van der Waals surface area contributed by atoms with Crippen LogP contribution in [0.15, 0.2) is 42.5 Å². The van der Waals surface area contributed by atoms with Gasteiger partial charge in [0.15, 0.2) is 5.82 Å². The second-order valence-corrected chi connectivity index (χ2v) is 12.2. The van der Waals surface area contributed by atoms with Gasteiger partial charge in [-0.15, -0.1) is 0 Å². The van der Waals surface area contributed by atoms with E-state index in [4.69, 9.17) is 21.6 Å². The third-order valence-electron chi connectivity index (χ3n) is 8.89. The number of halogens is 2. The number of phenolic OH excluding ortho intramolecular Hbond substituents is 1. The monoisotopic (exact) mass is 560 g/mol. The first-order chi connectivity index (χ1) is 19.4. The summed E-state index contributed by atoms with van der Waals surface area (Å²) in [5.41, 5.74) is 1.07. The van der Waals surface area contributed by atoms with Crippen molar-refractivity contribution in [1.29, 1.82) is 0 Å². The Bertz CT molecular complexity index is 1600. The van der Waals surface area contributed by atoms with Gasteiger partial charge in [-0.2, -0.15) is 4.98 Å². The van der Waals surface area contributed by atoms with E-state index in [1.807, 2.05) is 30.3 Å². The molecule has 3 fully saturated rings. The Morgan fingerprint density at radius 3 is 2.52 bits per heavy atom. The van der Waals surface area contributed by atoms with Gasteiger partial charge in [0.05, 0.1) is 5.02 Å². The van der Waals surface area contributed by atoms with Gasteiger partial charge in [-0.1, -0.05) is 35.9 Å². The molecule has 1 aromatic heterocycles. The molecule has 0 aliphatic carbocycles. The highest BCUT2D eigenvalue weighted by molar-refractivity contribution is 6.35. The van der Waals surface area contributed by atoms with Crippen LogP contribution in [-0.2, 0) is 0 Å². The third-order valence-corrected chi connectivity index (χ3v) is 9.19. The summed E-state index contributed by atoms with van der Waals surface area (Å²) in [5, 5.41) is 16.7. The number of nitrogens with one attached hydrogen (secondary N) is 1. The Labute approximate surface area is 238 Å². The molecule has 40 heavy (non-hydrogen) atoms. The van der Waals surface area contributed by atoms with Gasteiger partial charge in [0.1, 0.15) is 17.1 Å². The normalized spacial score (nSPS) is 23.1. The van der Waals surface area contributed by atoms with E-state index in [-0.39, 0.29) is 21.9 Å². The van der Waals surface area contributed by atoms with Crippen LogP contribution in [0.25, 0.3) is 32.8 Å². The summed E-state index contributed by atoms with van der Waals surface area (Å²) in [5.74, 6) is 0.890. The van der Waals surface area contributed by atoms with Gasteiger partial charge in [0.25, 0.3) is 0 Å². The van der Waals surface area contributed by atoms with E-state index in [9.17, 15) is 5.11 Å². The van der Waals surface area contributed by atoms with E-state index < -0.39 is 5.82 Å². The van der Waals surface area contributed by atoms with E-state index >= 15 is 4.39 Å². The first kappa shape index (κ1) is 25.7. The maximum absolute atomic E-state index is 16.8. The van der Waals surface area contributed by atoms with Crippen molar-refractivity contribution in [2.75, 3.05) is 50.1 Å². The molecule has 3 atom stereocenters. The van der Waals surface area contributed by atoms with Crippen LogP contribution in [0, 0.1) is 5.82 Å². The van der Waals surface area contributed by atoms with Crippen LogP contribution in [0.5, 0.6) is 5.75 Å². The lowest BCUT2D eigenvalue weighted by molar-refractivity contribution is 0.257. The van der Waals surface area contributed by atoms with Crippen molar-refractivity contribution in [3.05, 3.63) is 53.3 Å². The number of hydrogen-bond donors (Lipinski definition) is 2. The zero-order chi connectivity index (χ0) is 27.5. The van der Waals surface area contributed by atoms with E-state index in [1.54, 1.807) is 12.1 Å². The number of likely N-dealkylation sites (N-methyl/N-ethyl adjacent to an activating group) is 1. The first-order valence-electron chi connectivity index (χ1n) is 14.2. The number of nitrogens with zero attached hydrogens (tertiary/aromatic N) is 5. The average Bonchev–Trinajstić information content (AvgIpc) is 3.29. The molecule has 3 aliphatic heterocycles. The summed E-state index contributed by atoms with van der Waals surface area (Å²) in [6.07, 6.45) is 4.42. The fourth-order valence-corrected chi connectivity index (χ4v) is 7.12. The molecule has 3 aromatic carbocycles. The lowest BCUT2D eigenvalue weighted by atomic mass is 9.96.